The molecule has 82 heavy (non-hydrogen) atoms. The van der Waals surface area contributed by atoms with Crippen molar-refractivity contribution in [1.82, 2.24) is 0 Å². The Morgan fingerprint density at radius 3 is 0.829 bits per heavy atom. The molecule has 17 nitrogen and oxygen atoms in total. The van der Waals surface area contributed by atoms with Gasteiger partial charge in [-0.05, 0) is 31.6 Å². The maximum absolute atomic E-state index is 13.0. The minimum atomic E-state index is -4.94. The van der Waals surface area contributed by atoms with Gasteiger partial charge in [0.1, 0.15) is 19.3 Å². The first-order valence-corrected chi connectivity index (χ1v) is 36.1. The van der Waals surface area contributed by atoms with E-state index in [1.807, 2.05) is 0 Å². The Morgan fingerprint density at radius 2 is 0.561 bits per heavy atom. The standard InChI is InChI=1S/C63H122O17P2/c1-6-9-12-15-18-21-22-23-24-28-34-39-44-49-63(68)80-59(53-74-61(66)47-42-37-32-29-25-27-30-35-40-45-56(4)5)55-78-82(71,72)76-51-57(64)50-75-81(69,70)77-54-58(52-73-60(65)46-41-36-31-20-17-14-11-8-3)79-62(67)48-43-38-33-26-19-16-13-10-7-2/h56-59,64H,6-55H2,1-5H3,(H,69,70)(H,71,72)/t57-,58+,59+/m0/s1. The fraction of sp³-hybridized carbons (Fsp3) is 0.937. The first kappa shape index (κ1) is 80.1. The summed E-state index contributed by atoms with van der Waals surface area (Å²) in [6.45, 7) is 7.13. The molecule has 0 saturated heterocycles. The normalized spacial score (nSPS) is 14.3. The highest BCUT2D eigenvalue weighted by Crippen LogP contribution is 2.45. The van der Waals surface area contributed by atoms with Crippen molar-refractivity contribution in [2.75, 3.05) is 39.6 Å². The average molecular weight is 1210 g/mol. The van der Waals surface area contributed by atoms with E-state index in [-0.39, 0.29) is 25.7 Å². The first-order chi connectivity index (χ1) is 39.5. The molecule has 0 amide bonds. The molecular formula is C63H122O17P2. The van der Waals surface area contributed by atoms with E-state index in [4.69, 9.17) is 37.0 Å². The number of esters is 4. The van der Waals surface area contributed by atoms with Crippen LogP contribution in [0.15, 0.2) is 0 Å². The largest absolute Gasteiger partial charge is 0.472 e. The van der Waals surface area contributed by atoms with Crippen molar-refractivity contribution in [1.29, 1.82) is 0 Å². The smallest absolute Gasteiger partial charge is 0.462 e. The van der Waals surface area contributed by atoms with Crippen LogP contribution in [0.3, 0.4) is 0 Å². The van der Waals surface area contributed by atoms with Crippen molar-refractivity contribution >= 4 is 39.5 Å². The van der Waals surface area contributed by atoms with Crippen molar-refractivity contribution in [2.24, 2.45) is 5.92 Å². The quantitative estimate of drug-likeness (QED) is 0.0222. The molecule has 0 rings (SSSR count). The third kappa shape index (κ3) is 57.2. The topological polar surface area (TPSA) is 237 Å². The number of ether oxygens (including phenoxy) is 4. The predicted molar refractivity (Wildman–Crippen MR) is 326 cm³/mol. The fourth-order valence-corrected chi connectivity index (χ4v) is 11.0. The van der Waals surface area contributed by atoms with E-state index >= 15 is 0 Å². The van der Waals surface area contributed by atoms with Gasteiger partial charge in [-0.2, -0.15) is 0 Å². The Kier molecular flexibility index (Phi) is 55.5. The maximum Gasteiger partial charge on any atom is 0.472 e. The van der Waals surface area contributed by atoms with Gasteiger partial charge in [-0.25, -0.2) is 9.13 Å². The first-order valence-electron chi connectivity index (χ1n) is 33.1. The molecular weight excluding hydrogens is 1090 g/mol. The number of phosphoric acid groups is 2. The molecule has 0 aromatic carbocycles. The molecule has 0 aromatic heterocycles. The Hall–Kier alpha value is -1.94. The molecule has 0 heterocycles. The van der Waals surface area contributed by atoms with Crippen LogP contribution in [-0.2, 0) is 65.4 Å². The average Bonchev–Trinajstić information content (AvgIpc) is 3.44. The highest BCUT2D eigenvalue weighted by molar-refractivity contribution is 7.47. The van der Waals surface area contributed by atoms with E-state index in [1.54, 1.807) is 0 Å². The van der Waals surface area contributed by atoms with Gasteiger partial charge in [0.05, 0.1) is 26.4 Å². The molecule has 0 radical (unpaired) electrons. The molecule has 0 spiro atoms. The number of carbonyl (C=O) groups is 4. The lowest BCUT2D eigenvalue weighted by Crippen LogP contribution is -2.30. The summed E-state index contributed by atoms with van der Waals surface area (Å²) in [5, 5.41) is 10.5. The van der Waals surface area contributed by atoms with Gasteiger partial charge in [0.15, 0.2) is 12.2 Å². The Bertz CT molecular complexity index is 1600. The highest BCUT2D eigenvalue weighted by Gasteiger charge is 2.30. The zero-order valence-corrected chi connectivity index (χ0v) is 54.4. The van der Waals surface area contributed by atoms with E-state index in [0.29, 0.717) is 25.7 Å². The number of hydrogen-bond acceptors (Lipinski definition) is 15. The summed E-state index contributed by atoms with van der Waals surface area (Å²) < 4.78 is 67.9. The molecule has 19 heteroatoms. The zero-order valence-electron chi connectivity index (χ0n) is 52.6. The van der Waals surface area contributed by atoms with Crippen LogP contribution in [0.2, 0.25) is 0 Å². The lowest BCUT2D eigenvalue weighted by molar-refractivity contribution is -0.161. The second kappa shape index (κ2) is 56.8. The molecule has 0 aliphatic rings. The van der Waals surface area contributed by atoms with Crippen LogP contribution in [0.1, 0.15) is 317 Å². The van der Waals surface area contributed by atoms with E-state index in [1.165, 1.54) is 135 Å². The van der Waals surface area contributed by atoms with Gasteiger partial charge in [-0.15, -0.1) is 0 Å². The van der Waals surface area contributed by atoms with Crippen molar-refractivity contribution in [3.8, 4) is 0 Å². The molecule has 0 saturated carbocycles. The lowest BCUT2D eigenvalue weighted by Gasteiger charge is -2.21. The van der Waals surface area contributed by atoms with Gasteiger partial charge in [-0.3, -0.25) is 37.3 Å². The fourth-order valence-electron chi connectivity index (χ4n) is 9.41. The number of aliphatic hydroxyl groups excluding tert-OH is 1. The Morgan fingerprint density at radius 1 is 0.329 bits per heavy atom. The molecule has 2 unspecified atom stereocenters. The van der Waals surface area contributed by atoms with E-state index in [9.17, 15) is 43.2 Å². The predicted octanol–water partition coefficient (Wildman–Crippen LogP) is 17.4. The van der Waals surface area contributed by atoms with Crippen LogP contribution in [-0.4, -0.2) is 96.7 Å². The van der Waals surface area contributed by atoms with Crippen molar-refractivity contribution < 1.29 is 80.2 Å². The number of aliphatic hydroxyl groups is 1. The summed E-state index contributed by atoms with van der Waals surface area (Å²) in [7, 11) is -9.88. The third-order valence-electron chi connectivity index (χ3n) is 14.5. The van der Waals surface area contributed by atoms with Crippen LogP contribution >= 0.6 is 15.6 Å². The molecule has 0 fully saturated rings. The van der Waals surface area contributed by atoms with Crippen molar-refractivity contribution in [3.05, 3.63) is 0 Å². The SMILES string of the molecule is CCCCCCCCCCCCCCCC(=O)O[C@H](COC(=O)CCCCCCCCCCCC(C)C)COP(=O)(O)OC[C@@H](O)COP(=O)(O)OC[C@@H](COC(=O)CCCCCCCCCC)OC(=O)CCCCCCCCCCC. The summed E-state index contributed by atoms with van der Waals surface area (Å²) in [6, 6.07) is 0. The summed E-state index contributed by atoms with van der Waals surface area (Å²) in [4.78, 5) is 72.1. The second-order valence-electron chi connectivity index (χ2n) is 23.3. The number of phosphoric ester groups is 2. The molecule has 0 bridgehead atoms. The van der Waals surface area contributed by atoms with E-state index in [0.717, 1.165) is 102 Å². The van der Waals surface area contributed by atoms with E-state index < -0.39 is 97.5 Å². The van der Waals surface area contributed by atoms with Crippen LogP contribution < -0.4 is 0 Å². The van der Waals surface area contributed by atoms with Gasteiger partial charge in [-0.1, -0.05) is 266 Å². The Labute approximate surface area is 498 Å². The van der Waals surface area contributed by atoms with Gasteiger partial charge < -0.3 is 33.8 Å². The molecule has 3 N–H and O–H groups in total. The zero-order chi connectivity index (χ0) is 60.6. The van der Waals surface area contributed by atoms with Gasteiger partial charge in [0.2, 0.25) is 0 Å². The van der Waals surface area contributed by atoms with Crippen molar-refractivity contribution in [3.63, 3.8) is 0 Å². The number of rotatable bonds is 63. The third-order valence-corrected chi connectivity index (χ3v) is 16.4. The van der Waals surface area contributed by atoms with Crippen molar-refractivity contribution in [2.45, 2.75) is 335 Å². The monoisotopic (exact) mass is 1210 g/mol. The van der Waals surface area contributed by atoms with Crippen LogP contribution in [0.4, 0.5) is 0 Å². The molecule has 0 aromatic rings. The van der Waals surface area contributed by atoms with Gasteiger partial charge in [0.25, 0.3) is 0 Å². The Balaban J connectivity index is 5.22. The molecule has 486 valence electrons. The number of carbonyl (C=O) groups excluding carboxylic acids is 4. The second-order valence-corrected chi connectivity index (χ2v) is 26.2. The number of hydrogen-bond donors (Lipinski definition) is 3. The van der Waals surface area contributed by atoms with Gasteiger partial charge in [0, 0.05) is 25.7 Å². The van der Waals surface area contributed by atoms with E-state index in [2.05, 4.69) is 34.6 Å². The molecule has 0 aliphatic heterocycles. The number of unbranched alkanes of at least 4 members (excludes halogenated alkanes) is 35. The summed E-state index contributed by atoms with van der Waals surface area (Å²) in [6.07, 6.45) is 40.3. The summed E-state index contributed by atoms with van der Waals surface area (Å²) >= 11 is 0. The molecule has 0 aliphatic carbocycles. The summed E-state index contributed by atoms with van der Waals surface area (Å²) in [5.41, 5.74) is 0. The minimum absolute atomic E-state index is 0.106. The minimum Gasteiger partial charge on any atom is -0.462 e. The summed E-state index contributed by atoms with van der Waals surface area (Å²) in [5.74, 6) is -1.39. The van der Waals surface area contributed by atoms with Gasteiger partial charge >= 0.3 is 39.5 Å². The molecule has 5 atom stereocenters. The van der Waals surface area contributed by atoms with Crippen LogP contribution in [0, 0.1) is 5.92 Å². The lowest BCUT2D eigenvalue weighted by atomic mass is 10.0. The highest BCUT2D eigenvalue weighted by atomic mass is 31.2. The van der Waals surface area contributed by atoms with Crippen LogP contribution in [0.25, 0.3) is 0 Å². The maximum atomic E-state index is 13.0. The van der Waals surface area contributed by atoms with Crippen LogP contribution in [0.5, 0.6) is 0 Å².